The number of nitrogens with zero attached hydrogens (tertiary/aromatic N) is 4. The number of ether oxygens (including phenoxy) is 1. The molecule has 0 aromatic carbocycles. The summed E-state index contributed by atoms with van der Waals surface area (Å²) < 4.78 is 86.4. The van der Waals surface area contributed by atoms with Crippen LogP contribution in [0.5, 0.6) is 5.75 Å². The fourth-order valence-electron chi connectivity index (χ4n) is 6.13. The highest BCUT2D eigenvalue weighted by Crippen LogP contribution is 2.40. The second-order valence-electron chi connectivity index (χ2n) is 11.1. The van der Waals surface area contributed by atoms with Crippen molar-refractivity contribution < 1.29 is 35.8 Å². The lowest BCUT2D eigenvalue weighted by Gasteiger charge is -2.36. The number of pyridine rings is 1. The molecule has 2 saturated carbocycles. The van der Waals surface area contributed by atoms with Crippen LogP contribution in [0.3, 0.4) is 0 Å². The van der Waals surface area contributed by atoms with Crippen LogP contribution < -0.4 is 15.6 Å². The summed E-state index contributed by atoms with van der Waals surface area (Å²) in [4.78, 5) is 22.0. The second kappa shape index (κ2) is 11.0. The van der Waals surface area contributed by atoms with E-state index < -0.39 is 57.2 Å². The Morgan fingerprint density at radius 1 is 1.15 bits per heavy atom. The number of alkyl halides is 4. The molecule has 0 spiro atoms. The van der Waals surface area contributed by atoms with Crippen LogP contribution >= 0.6 is 0 Å². The number of nitrogens with one attached hydrogen (secondary N) is 1. The summed E-state index contributed by atoms with van der Waals surface area (Å²) >= 11 is 0. The van der Waals surface area contributed by atoms with Crippen molar-refractivity contribution in [2.24, 2.45) is 0 Å². The van der Waals surface area contributed by atoms with Gasteiger partial charge in [0.25, 0.3) is 5.56 Å². The lowest BCUT2D eigenvalue weighted by Crippen LogP contribution is -2.48. The van der Waals surface area contributed by atoms with E-state index in [0.29, 0.717) is 32.1 Å². The minimum absolute atomic E-state index is 0.0900. The van der Waals surface area contributed by atoms with Crippen LogP contribution in [0.25, 0.3) is 11.0 Å². The van der Waals surface area contributed by atoms with Crippen molar-refractivity contribution in [2.45, 2.75) is 100 Å². The minimum atomic E-state index is -3.77. The van der Waals surface area contributed by atoms with Gasteiger partial charge in [-0.1, -0.05) is 0 Å². The molecule has 3 aliphatic rings. The molecule has 40 heavy (non-hydrogen) atoms. The van der Waals surface area contributed by atoms with Gasteiger partial charge < -0.3 is 15.2 Å². The highest BCUT2D eigenvalue weighted by Gasteiger charge is 2.42. The monoisotopic (exact) mass is 591 g/mol. The summed E-state index contributed by atoms with van der Waals surface area (Å²) in [7, 11) is -3.77. The van der Waals surface area contributed by atoms with Crippen LogP contribution in [0.15, 0.2) is 17.1 Å². The summed E-state index contributed by atoms with van der Waals surface area (Å²) in [5, 5.41) is 13.4. The summed E-state index contributed by atoms with van der Waals surface area (Å²) in [6.45, 7) is -1.26. The summed E-state index contributed by atoms with van der Waals surface area (Å²) in [6.07, 6.45) is -0.0866. The molecule has 2 aromatic heterocycles. The maximum absolute atomic E-state index is 13.9. The smallest absolute Gasteiger partial charge is 0.387 e. The molecule has 1 saturated heterocycles. The molecule has 1 aliphatic heterocycles. The van der Waals surface area contributed by atoms with Gasteiger partial charge in [0.05, 0.1) is 16.9 Å². The van der Waals surface area contributed by atoms with Crippen molar-refractivity contribution in [2.75, 3.05) is 18.4 Å². The zero-order valence-corrected chi connectivity index (χ0v) is 22.8. The Bertz CT molecular complexity index is 1400. The zero-order chi connectivity index (χ0) is 28.8. The molecule has 3 fully saturated rings. The average Bonchev–Trinajstić information content (AvgIpc) is 3.24. The molecular weight excluding hydrogens is 558 g/mol. The van der Waals surface area contributed by atoms with Gasteiger partial charge in [0.1, 0.15) is 18.0 Å². The third-order valence-corrected chi connectivity index (χ3v) is 10.7. The molecule has 0 radical (unpaired) electrons. The summed E-state index contributed by atoms with van der Waals surface area (Å²) in [6, 6.07) is 0.224. The number of fused-ring (bicyclic) bond motifs is 1. The first kappa shape index (κ1) is 29.0. The third kappa shape index (κ3) is 5.64. The minimum Gasteiger partial charge on any atom is -0.429 e. The number of sulfonamides is 1. The van der Waals surface area contributed by atoms with Crippen molar-refractivity contribution in [1.82, 2.24) is 18.8 Å². The van der Waals surface area contributed by atoms with Crippen LogP contribution in [0.1, 0.15) is 64.3 Å². The predicted molar refractivity (Wildman–Crippen MR) is 139 cm³/mol. The highest BCUT2D eigenvalue weighted by atomic mass is 32.2. The molecule has 2 N–H and O–H groups in total. The predicted octanol–water partition coefficient (Wildman–Crippen LogP) is 3.30. The first-order chi connectivity index (χ1) is 18.9. The zero-order valence-electron chi connectivity index (χ0n) is 22.0. The maximum Gasteiger partial charge on any atom is 0.387 e. The normalized spacial score (nSPS) is 30.7. The largest absolute Gasteiger partial charge is 0.429 e. The number of halogens is 4. The molecule has 3 unspecified atom stereocenters. The van der Waals surface area contributed by atoms with E-state index in [9.17, 15) is 35.9 Å². The van der Waals surface area contributed by atoms with Gasteiger partial charge in [-0.2, -0.15) is 13.8 Å². The van der Waals surface area contributed by atoms with Gasteiger partial charge in [-0.05, 0) is 64.4 Å². The van der Waals surface area contributed by atoms with E-state index in [1.807, 2.05) is 0 Å². The van der Waals surface area contributed by atoms with Crippen LogP contribution in [-0.4, -0.2) is 81.3 Å². The summed E-state index contributed by atoms with van der Waals surface area (Å²) in [5.41, 5.74) is -1.94. The Morgan fingerprint density at radius 2 is 1.88 bits per heavy atom. The maximum atomic E-state index is 13.9. The van der Waals surface area contributed by atoms with Gasteiger partial charge in [-0.25, -0.2) is 26.5 Å². The molecule has 10 nitrogen and oxygen atoms in total. The Kier molecular flexibility index (Phi) is 8.00. The molecule has 2 aliphatic carbocycles. The first-order valence-electron chi connectivity index (χ1n) is 13.5. The van der Waals surface area contributed by atoms with Gasteiger partial charge in [0.2, 0.25) is 16.0 Å². The SMILES string of the molecule is C[C@@]1(O)CCC[C@H]1n1c(=O)c(OC(F)F)cc2cnc(NC3CCN(S(=O)(=O)C4CCC(F)C(F)C4)CC3)nc21. The van der Waals surface area contributed by atoms with E-state index in [1.54, 1.807) is 6.92 Å². The Balaban J connectivity index is 1.35. The number of rotatable bonds is 7. The number of piperidine rings is 1. The third-order valence-electron chi connectivity index (χ3n) is 8.36. The average molecular weight is 592 g/mol. The van der Waals surface area contributed by atoms with Crippen molar-refractivity contribution in [3.63, 3.8) is 0 Å². The van der Waals surface area contributed by atoms with E-state index in [0.717, 1.165) is 6.07 Å². The first-order valence-corrected chi connectivity index (χ1v) is 15.0. The van der Waals surface area contributed by atoms with Crippen LogP contribution in [-0.2, 0) is 10.0 Å². The molecule has 222 valence electrons. The molecule has 5 rings (SSSR count). The van der Waals surface area contributed by atoms with Gasteiger partial charge in [0.15, 0.2) is 5.75 Å². The van der Waals surface area contributed by atoms with Gasteiger partial charge in [-0.3, -0.25) is 9.36 Å². The molecule has 15 heteroatoms. The van der Waals surface area contributed by atoms with Crippen LogP contribution in [0, 0.1) is 0 Å². The Morgan fingerprint density at radius 3 is 2.50 bits per heavy atom. The Labute approximate surface area is 228 Å². The lowest BCUT2D eigenvalue weighted by atomic mass is 9.97. The fourth-order valence-corrected chi connectivity index (χ4v) is 8.14. The van der Waals surface area contributed by atoms with Gasteiger partial charge in [0, 0.05) is 30.7 Å². The van der Waals surface area contributed by atoms with Crippen molar-refractivity contribution in [1.29, 1.82) is 0 Å². The van der Waals surface area contributed by atoms with Gasteiger partial charge >= 0.3 is 6.61 Å². The number of hydrogen-bond acceptors (Lipinski definition) is 8. The topological polar surface area (TPSA) is 127 Å². The number of aliphatic hydroxyl groups is 1. The van der Waals surface area contributed by atoms with Crippen molar-refractivity contribution in [3.05, 3.63) is 22.6 Å². The molecule has 2 aromatic rings. The fraction of sp³-hybridized carbons (Fsp3) is 0.720. The molecule has 0 amide bonds. The van der Waals surface area contributed by atoms with Crippen LogP contribution in [0.4, 0.5) is 23.5 Å². The molecular formula is C25H33F4N5O5S. The summed E-state index contributed by atoms with van der Waals surface area (Å²) in [5.74, 6) is -0.411. The molecule has 3 heterocycles. The van der Waals surface area contributed by atoms with E-state index in [1.165, 1.54) is 15.1 Å². The highest BCUT2D eigenvalue weighted by molar-refractivity contribution is 7.89. The van der Waals surface area contributed by atoms with Crippen molar-refractivity contribution in [3.8, 4) is 5.75 Å². The van der Waals surface area contributed by atoms with E-state index in [4.69, 9.17) is 0 Å². The number of anilines is 1. The number of aromatic nitrogens is 3. The van der Waals surface area contributed by atoms with E-state index in [2.05, 4.69) is 20.0 Å². The van der Waals surface area contributed by atoms with E-state index in [-0.39, 0.29) is 55.4 Å². The van der Waals surface area contributed by atoms with Gasteiger partial charge in [-0.15, -0.1) is 0 Å². The second-order valence-corrected chi connectivity index (χ2v) is 13.3. The number of hydrogen-bond donors (Lipinski definition) is 2. The molecule has 0 bridgehead atoms. The Hall–Kier alpha value is -2.52. The van der Waals surface area contributed by atoms with E-state index >= 15 is 0 Å². The lowest BCUT2D eigenvalue weighted by molar-refractivity contribution is -0.0513. The van der Waals surface area contributed by atoms with Crippen molar-refractivity contribution >= 4 is 27.0 Å². The molecule has 5 atom stereocenters. The quantitative estimate of drug-likeness (QED) is 0.470. The van der Waals surface area contributed by atoms with Crippen LogP contribution in [0.2, 0.25) is 0 Å². The standard InChI is InChI=1S/C25H33F4N5O5S/c1-25(36)8-2-3-20(25)34-21-14(11-19(22(34)35)39-23(28)29)13-30-24(32-21)31-15-6-9-33(10-7-15)40(37,38)16-4-5-17(26)18(27)12-16/h11,13,15-18,20,23,36H,2-10,12H2,1H3,(H,30,31,32)/t16?,17?,18?,20-,25-/m1/s1.